The first-order valence-corrected chi connectivity index (χ1v) is 7.05. The fourth-order valence-electron chi connectivity index (χ4n) is 1.78. The lowest BCUT2D eigenvalue weighted by Gasteiger charge is -2.01. The summed E-state index contributed by atoms with van der Waals surface area (Å²) in [6.45, 7) is 1.31. The predicted octanol–water partition coefficient (Wildman–Crippen LogP) is 2.20. The van der Waals surface area contributed by atoms with Crippen molar-refractivity contribution in [2.24, 2.45) is 0 Å². The van der Waals surface area contributed by atoms with Crippen molar-refractivity contribution < 1.29 is 26.6 Å². The van der Waals surface area contributed by atoms with Crippen LogP contribution >= 0.6 is 0 Å². The van der Waals surface area contributed by atoms with Gasteiger partial charge >= 0.3 is 0 Å². The lowest BCUT2D eigenvalue weighted by Crippen LogP contribution is -2.06. The van der Waals surface area contributed by atoms with Crippen LogP contribution in [0.15, 0.2) is 22.6 Å². The molecule has 102 valence electrons. The Morgan fingerprint density at radius 1 is 1.37 bits per heavy atom. The number of carbonyl (C=O) groups excluding carboxylic acids is 1. The quantitative estimate of drug-likeness (QED) is 0.688. The summed E-state index contributed by atoms with van der Waals surface area (Å²) in [4.78, 5) is 11.2. The van der Waals surface area contributed by atoms with Gasteiger partial charge in [0, 0.05) is 12.3 Å². The third-order valence-electron chi connectivity index (χ3n) is 2.63. The number of Topliss-reactive ketones (excluding diaryl/α,β-unsaturated/α-hetero) is 1. The van der Waals surface area contributed by atoms with E-state index >= 15 is 0 Å². The van der Waals surface area contributed by atoms with E-state index in [1.807, 2.05) is 0 Å². The van der Waals surface area contributed by atoms with Gasteiger partial charge in [0.05, 0.1) is 5.75 Å². The Balaban J connectivity index is 2.50. The maximum absolute atomic E-state index is 13.4. The Labute approximate surface area is 108 Å². The second kappa shape index (κ2) is 4.75. The van der Waals surface area contributed by atoms with E-state index in [1.54, 1.807) is 0 Å². The van der Waals surface area contributed by atoms with Gasteiger partial charge in [0.15, 0.2) is 11.5 Å². The van der Waals surface area contributed by atoms with Gasteiger partial charge in [-0.25, -0.2) is 4.39 Å². The maximum atomic E-state index is 13.4. The predicted molar refractivity (Wildman–Crippen MR) is 66.3 cm³/mol. The van der Waals surface area contributed by atoms with Gasteiger partial charge in [-0.05, 0) is 30.2 Å². The molecule has 0 bridgehead atoms. The zero-order chi connectivity index (χ0) is 14.2. The molecule has 0 aliphatic heterocycles. The molecule has 0 aliphatic rings. The topological polar surface area (TPSA) is 84.6 Å². The normalized spacial score (nSPS) is 11.9. The van der Waals surface area contributed by atoms with Gasteiger partial charge in [-0.2, -0.15) is 8.42 Å². The minimum absolute atomic E-state index is 0.0775. The number of aryl methyl sites for hydroxylation is 1. The average molecular weight is 286 g/mol. The molecule has 0 spiro atoms. The van der Waals surface area contributed by atoms with Crippen LogP contribution in [-0.4, -0.2) is 24.5 Å². The monoisotopic (exact) mass is 286 g/mol. The molecule has 0 amide bonds. The molecule has 0 radical (unpaired) electrons. The second-order valence-corrected chi connectivity index (χ2v) is 5.76. The van der Waals surface area contributed by atoms with E-state index in [-0.39, 0.29) is 23.5 Å². The molecular formula is C12H11FO5S. The van der Waals surface area contributed by atoms with Gasteiger partial charge < -0.3 is 4.42 Å². The first-order valence-electron chi connectivity index (χ1n) is 5.44. The number of furan rings is 1. The Bertz CT molecular complexity index is 745. The lowest BCUT2D eigenvalue weighted by molar-refractivity contribution is 0.0989. The number of benzene rings is 1. The van der Waals surface area contributed by atoms with Crippen LogP contribution < -0.4 is 0 Å². The number of ketones is 1. The SMILES string of the molecule is CC(=O)c1cc2cc(F)cc(CCS(=O)(=O)O)c2o1. The summed E-state index contributed by atoms with van der Waals surface area (Å²) in [5, 5.41) is 0.385. The summed E-state index contributed by atoms with van der Waals surface area (Å²) >= 11 is 0. The van der Waals surface area contributed by atoms with Crippen LogP contribution in [-0.2, 0) is 16.5 Å². The van der Waals surface area contributed by atoms with Crippen LogP contribution in [0.1, 0.15) is 23.0 Å². The molecule has 0 aliphatic carbocycles. The molecule has 0 saturated carbocycles. The first kappa shape index (κ1) is 13.7. The molecule has 2 rings (SSSR count). The van der Waals surface area contributed by atoms with Crippen molar-refractivity contribution in [1.29, 1.82) is 0 Å². The number of hydrogen-bond donors (Lipinski definition) is 1. The minimum Gasteiger partial charge on any atom is -0.453 e. The van der Waals surface area contributed by atoms with Crippen molar-refractivity contribution >= 4 is 26.9 Å². The molecule has 1 aromatic heterocycles. The zero-order valence-electron chi connectivity index (χ0n) is 10.0. The zero-order valence-corrected chi connectivity index (χ0v) is 10.8. The summed E-state index contributed by atoms with van der Waals surface area (Å²) in [6.07, 6.45) is -0.0993. The third kappa shape index (κ3) is 3.18. The van der Waals surface area contributed by atoms with E-state index in [0.29, 0.717) is 10.9 Å². The highest BCUT2D eigenvalue weighted by atomic mass is 32.2. The maximum Gasteiger partial charge on any atom is 0.265 e. The van der Waals surface area contributed by atoms with E-state index in [9.17, 15) is 17.6 Å². The van der Waals surface area contributed by atoms with Gasteiger partial charge in [-0.1, -0.05) is 0 Å². The smallest absolute Gasteiger partial charge is 0.265 e. The highest BCUT2D eigenvalue weighted by Crippen LogP contribution is 2.25. The van der Waals surface area contributed by atoms with Crippen molar-refractivity contribution in [2.75, 3.05) is 5.75 Å². The van der Waals surface area contributed by atoms with Crippen molar-refractivity contribution in [2.45, 2.75) is 13.3 Å². The van der Waals surface area contributed by atoms with Gasteiger partial charge in [0.1, 0.15) is 11.4 Å². The molecule has 1 aromatic carbocycles. The first-order chi connectivity index (χ1) is 8.76. The standard InChI is InChI=1S/C12H11FO5S/c1-7(14)11-6-9-5-10(13)4-8(12(9)18-11)2-3-19(15,16)17/h4-6H,2-3H2,1H3,(H,15,16,17). The molecule has 0 fully saturated rings. The van der Waals surface area contributed by atoms with E-state index in [0.717, 1.165) is 6.07 Å². The van der Waals surface area contributed by atoms with Crippen LogP contribution in [0.2, 0.25) is 0 Å². The Hall–Kier alpha value is -1.73. The van der Waals surface area contributed by atoms with Crippen molar-refractivity contribution in [3.05, 3.63) is 35.3 Å². The van der Waals surface area contributed by atoms with E-state index in [1.165, 1.54) is 19.1 Å². The molecule has 1 heterocycles. The summed E-state index contributed by atoms with van der Waals surface area (Å²) < 4.78 is 48.8. The lowest BCUT2D eigenvalue weighted by atomic mass is 10.1. The summed E-state index contributed by atoms with van der Waals surface area (Å²) in [6, 6.07) is 3.72. The summed E-state index contributed by atoms with van der Waals surface area (Å²) in [5.41, 5.74) is 0.551. The van der Waals surface area contributed by atoms with E-state index < -0.39 is 21.7 Å². The van der Waals surface area contributed by atoms with Gasteiger partial charge in [0.25, 0.3) is 10.1 Å². The fourth-order valence-corrected chi connectivity index (χ4v) is 2.26. The van der Waals surface area contributed by atoms with Crippen molar-refractivity contribution in [3.63, 3.8) is 0 Å². The van der Waals surface area contributed by atoms with Gasteiger partial charge in [0.2, 0.25) is 0 Å². The molecule has 19 heavy (non-hydrogen) atoms. The summed E-state index contributed by atoms with van der Waals surface area (Å²) in [5.74, 6) is -1.33. The minimum atomic E-state index is -4.14. The number of rotatable bonds is 4. The Morgan fingerprint density at radius 2 is 2.05 bits per heavy atom. The highest BCUT2D eigenvalue weighted by Gasteiger charge is 2.15. The molecule has 7 heteroatoms. The largest absolute Gasteiger partial charge is 0.453 e. The molecule has 1 N–H and O–H groups in total. The van der Waals surface area contributed by atoms with Crippen LogP contribution in [0.3, 0.4) is 0 Å². The third-order valence-corrected chi connectivity index (χ3v) is 3.35. The second-order valence-electron chi connectivity index (χ2n) is 4.19. The molecule has 0 saturated heterocycles. The van der Waals surface area contributed by atoms with E-state index in [4.69, 9.17) is 8.97 Å². The Kier molecular flexibility index (Phi) is 3.42. The van der Waals surface area contributed by atoms with Gasteiger partial charge in [-0.3, -0.25) is 9.35 Å². The number of carbonyl (C=O) groups is 1. The Morgan fingerprint density at radius 3 is 2.63 bits per heavy atom. The molecule has 0 atom stereocenters. The van der Waals surface area contributed by atoms with E-state index in [2.05, 4.69) is 0 Å². The molecule has 0 unspecified atom stereocenters. The van der Waals surface area contributed by atoms with Crippen molar-refractivity contribution in [3.8, 4) is 0 Å². The average Bonchev–Trinajstić information content (AvgIpc) is 2.68. The highest BCUT2D eigenvalue weighted by molar-refractivity contribution is 7.85. The van der Waals surface area contributed by atoms with Crippen LogP contribution in [0.5, 0.6) is 0 Å². The molecular weight excluding hydrogens is 275 g/mol. The number of fused-ring (bicyclic) bond motifs is 1. The summed E-state index contributed by atoms with van der Waals surface area (Å²) in [7, 11) is -4.14. The van der Waals surface area contributed by atoms with Crippen LogP contribution in [0.25, 0.3) is 11.0 Å². The molecule has 5 nitrogen and oxygen atoms in total. The number of halogens is 1. The van der Waals surface area contributed by atoms with Gasteiger partial charge in [-0.15, -0.1) is 0 Å². The number of hydrogen-bond acceptors (Lipinski definition) is 4. The van der Waals surface area contributed by atoms with Crippen LogP contribution in [0, 0.1) is 5.82 Å². The molecule has 2 aromatic rings. The van der Waals surface area contributed by atoms with Crippen molar-refractivity contribution in [1.82, 2.24) is 0 Å². The fraction of sp³-hybridized carbons (Fsp3) is 0.250. The van der Waals surface area contributed by atoms with Crippen LogP contribution in [0.4, 0.5) is 4.39 Å².